The van der Waals surface area contributed by atoms with Gasteiger partial charge in [-0.2, -0.15) is 4.98 Å². The van der Waals surface area contributed by atoms with Crippen LogP contribution in [0.3, 0.4) is 0 Å². The minimum Gasteiger partial charge on any atom is -0.393 e. The first-order valence-electron chi connectivity index (χ1n) is 5.32. The molecule has 1 aromatic carbocycles. The average Bonchev–Trinajstić information content (AvgIpc) is 2.76. The lowest BCUT2D eigenvalue weighted by atomic mass is 10.2. The van der Waals surface area contributed by atoms with Crippen LogP contribution in [0.2, 0.25) is 0 Å². The highest BCUT2D eigenvalue weighted by atomic mass is 16.6. The quantitative estimate of drug-likeness (QED) is 0.651. The van der Waals surface area contributed by atoms with Crippen molar-refractivity contribution in [1.29, 1.82) is 0 Å². The van der Waals surface area contributed by atoms with Crippen molar-refractivity contribution in [3.63, 3.8) is 0 Å². The normalized spacial score (nSPS) is 12.3. The zero-order chi connectivity index (χ0) is 13.1. The molecule has 2 rings (SSSR count). The van der Waals surface area contributed by atoms with Gasteiger partial charge in [0.15, 0.2) is 0 Å². The number of benzene rings is 1. The van der Waals surface area contributed by atoms with Crippen molar-refractivity contribution in [1.82, 2.24) is 10.1 Å². The molecule has 0 amide bonds. The molecule has 0 fully saturated rings. The van der Waals surface area contributed by atoms with Gasteiger partial charge >= 0.3 is 0 Å². The second kappa shape index (κ2) is 4.92. The van der Waals surface area contributed by atoms with Crippen LogP contribution in [0.25, 0.3) is 11.4 Å². The van der Waals surface area contributed by atoms with Crippen LogP contribution in [-0.2, 0) is 6.42 Å². The van der Waals surface area contributed by atoms with Gasteiger partial charge in [-0.1, -0.05) is 17.3 Å². The molecule has 0 aliphatic rings. The number of nitro groups is 1. The van der Waals surface area contributed by atoms with Gasteiger partial charge in [-0.05, 0) is 13.0 Å². The molecule has 1 heterocycles. The van der Waals surface area contributed by atoms with Crippen molar-refractivity contribution in [2.45, 2.75) is 19.4 Å². The monoisotopic (exact) mass is 249 g/mol. The number of aromatic nitrogens is 2. The Bertz CT molecular complexity index is 565. The third-order valence-electron chi connectivity index (χ3n) is 2.28. The molecular formula is C11H11N3O4. The molecule has 0 aliphatic carbocycles. The van der Waals surface area contributed by atoms with Gasteiger partial charge in [0.2, 0.25) is 11.7 Å². The van der Waals surface area contributed by atoms with Crippen LogP contribution in [-0.4, -0.2) is 26.3 Å². The summed E-state index contributed by atoms with van der Waals surface area (Å²) in [5.74, 6) is 0.399. The Kier molecular flexibility index (Phi) is 3.33. The van der Waals surface area contributed by atoms with Crippen molar-refractivity contribution >= 4 is 5.69 Å². The summed E-state index contributed by atoms with van der Waals surface area (Å²) in [6.07, 6.45) is -0.391. The Morgan fingerprint density at radius 2 is 2.22 bits per heavy atom. The number of rotatable bonds is 4. The van der Waals surface area contributed by atoms with E-state index in [0.29, 0.717) is 5.56 Å². The highest BCUT2D eigenvalue weighted by Gasteiger charge is 2.19. The zero-order valence-electron chi connectivity index (χ0n) is 9.61. The Morgan fingerprint density at radius 1 is 1.50 bits per heavy atom. The van der Waals surface area contributed by atoms with E-state index in [2.05, 4.69) is 10.1 Å². The van der Waals surface area contributed by atoms with Crippen LogP contribution < -0.4 is 0 Å². The third-order valence-corrected chi connectivity index (χ3v) is 2.28. The van der Waals surface area contributed by atoms with Gasteiger partial charge in [-0.25, -0.2) is 0 Å². The van der Waals surface area contributed by atoms with Gasteiger partial charge in [-0.15, -0.1) is 0 Å². The lowest BCUT2D eigenvalue weighted by Gasteiger charge is -1.97. The van der Waals surface area contributed by atoms with E-state index in [1.54, 1.807) is 25.1 Å². The second-order valence-corrected chi connectivity index (χ2v) is 3.84. The van der Waals surface area contributed by atoms with E-state index >= 15 is 0 Å². The molecule has 1 unspecified atom stereocenters. The molecule has 7 nitrogen and oxygen atoms in total. The Balaban J connectivity index is 2.37. The number of aliphatic hydroxyl groups is 1. The van der Waals surface area contributed by atoms with E-state index < -0.39 is 11.0 Å². The molecule has 94 valence electrons. The molecule has 0 aliphatic heterocycles. The van der Waals surface area contributed by atoms with E-state index in [1.165, 1.54) is 6.07 Å². The molecule has 1 aromatic heterocycles. The largest absolute Gasteiger partial charge is 0.393 e. The van der Waals surface area contributed by atoms with E-state index in [0.717, 1.165) is 0 Å². The first kappa shape index (κ1) is 12.2. The van der Waals surface area contributed by atoms with Gasteiger partial charge < -0.3 is 9.63 Å². The number of hydrogen-bond acceptors (Lipinski definition) is 6. The maximum atomic E-state index is 10.9. The van der Waals surface area contributed by atoms with E-state index in [1.807, 2.05) is 0 Å². The number of para-hydroxylation sites is 1. The first-order chi connectivity index (χ1) is 8.58. The SMILES string of the molecule is CC(O)Cc1nc(-c2ccccc2[N+](=O)[O-])no1. The lowest BCUT2D eigenvalue weighted by molar-refractivity contribution is -0.384. The molecule has 0 saturated carbocycles. The minimum atomic E-state index is -0.607. The maximum absolute atomic E-state index is 10.9. The second-order valence-electron chi connectivity index (χ2n) is 3.84. The number of nitro benzene ring substituents is 1. The molecule has 7 heteroatoms. The van der Waals surface area contributed by atoms with Gasteiger partial charge in [0.1, 0.15) is 5.56 Å². The van der Waals surface area contributed by atoms with Crippen LogP contribution in [0.1, 0.15) is 12.8 Å². The Labute approximate surface area is 102 Å². The lowest BCUT2D eigenvalue weighted by Crippen LogP contribution is -2.04. The van der Waals surface area contributed by atoms with Crippen LogP contribution in [0, 0.1) is 10.1 Å². The molecule has 18 heavy (non-hydrogen) atoms. The number of nitrogens with zero attached hydrogens (tertiary/aromatic N) is 3. The molecular weight excluding hydrogens is 238 g/mol. The fourth-order valence-electron chi connectivity index (χ4n) is 1.52. The fraction of sp³-hybridized carbons (Fsp3) is 0.273. The van der Waals surface area contributed by atoms with E-state index in [9.17, 15) is 15.2 Å². The van der Waals surface area contributed by atoms with E-state index in [-0.39, 0.29) is 23.8 Å². The van der Waals surface area contributed by atoms with Gasteiger partial charge in [-0.3, -0.25) is 10.1 Å². The van der Waals surface area contributed by atoms with Gasteiger partial charge in [0.05, 0.1) is 17.4 Å². The number of hydrogen-bond donors (Lipinski definition) is 1. The predicted octanol–water partition coefficient (Wildman–Crippen LogP) is 1.57. The van der Waals surface area contributed by atoms with E-state index in [4.69, 9.17) is 4.52 Å². The van der Waals surface area contributed by atoms with Gasteiger partial charge in [0, 0.05) is 6.07 Å². The number of aliphatic hydroxyl groups excluding tert-OH is 1. The molecule has 0 bridgehead atoms. The maximum Gasteiger partial charge on any atom is 0.280 e. The smallest absolute Gasteiger partial charge is 0.280 e. The summed E-state index contributed by atoms with van der Waals surface area (Å²) in [4.78, 5) is 14.4. The zero-order valence-corrected chi connectivity index (χ0v) is 9.61. The average molecular weight is 249 g/mol. The minimum absolute atomic E-state index is 0.0816. The highest BCUT2D eigenvalue weighted by Crippen LogP contribution is 2.27. The molecule has 2 aromatic rings. The molecule has 1 N–H and O–H groups in total. The Morgan fingerprint density at radius 3 is 2.89 bits per heavy atom. The standard InChI is InChI=1S/C11H11N3O4/c1-7(15)6-10-12-11(13-18-10)8-4-2-3-5-9(8)14(16)17/h2-5,7,15H,6H2,1H3. The van der Waals surface area contributed by atoms with Gasteiger partial charge in [0.25, 0.3) is 5.69 Å². The van der Waals surface area contributed by atoms with Crippen LogP contribution >= 0.6 is 0 Å². The topological polar surface area (TPSA) is 102 Å². The van der Waals surface area contributed by atoms with Crippen LogP contribution in [0.5, 0.6) is 0 Å². The highest BCUT2D eigenvalue weighted by molar-refractivity contribution is 5.67. The molecule has 1 atom stereocenters. The molecule has 0 spiro atoms. The summed E-state index contributed by atoms with van der Waals surface area (Å²) in [7, 11) is 0. The molecule has 0 radical (unpaired) electrons. The third kappa shape index (κ3) is 2.51. The van der Waals surface area contributed by atoms with Crippen molar-refractivity contribution in [2.75, 3.05) is 0 Å². The van der Waals surface area contributed by atoms with Crippen molar-refractivity contribution < 1.29 is 14.6 Å². The summed E-state index contributed by atoms with van der Waals surface area (Å²) in [5, 5.41) is 23.7. The summed E-state index contributed by atoms with van der Waals surface area (Å²) in [6, 6.07) is 6.15. The summed E-state index contributed by atoms with van der Waals surface area (Å²) in [5.41, 5.74) is 0.213. The van der Waals surface area contributed by atoms with Crippen molar-refractivity contribution in [2.24, 2.45) is 0 Å². The van der Waals surface area contributed by atoms with Crippen molar-refractivity contribution in [3.8, 4) is 11.4 Å². The van der Waals surface area contributed by atoms with Crippen LogP contribution in [0.15, 0.2) is 28.8 Å². The van der Waals surface area contributed by atoms with Crippen molar-refractivity contribution in [3.05, 3.63) is 40.3 Å². The summed E-state index contributed by atoms with van der Waals surface area (Å²) in [6.45, 7) is 1.59. The molecule has 0 saturated heterocycles. The first-order valence-corrected chi connectivity index (χ1v) is 5.32. The predicted molar refractivity (Wildman–Crippen MR) is 61.8 cm³/mol. The Hall–Kier alpha value is -2.28. The summed E-state index contributed by atoms with van der Waals surface area (Å²) < 4.78 is 4.92. The fourth-order valence-corrected chi connectivity index (χ4v) is 1.52. The summed E-state index contributed by atoms with van der Waals surface area (Å²) >= 11 is 0. The van der Waals surface area contributed by atoms with Crippen LogP contribution in [0.4, 0.5) is 5.69 Å².